The van der Waals surface area contributed by atoms with Crippen molar-refractivity contribution in [3.63, 3.8) is 0 Å². The summed E-state index contributed by atoms with van der Waals surface area (Å²) in [4.78, 5) is 19.2. The molecule has 2 aromatic heterocycles. The van der Waals surface area contributed by atoms with E-state index in [0.29, 0.717) is 13.0 Å². The summed E-state index contributed by atoms with van der Waals surface area (Å²) < 4.78 is 7.80. The van der Waals surface area contributed by atoms with E-state index in [-0.39, 0.29) is 18.4 Å². The van der Waals surface area contributed by atoms with Gasteiger partial charge >= 0.3 is 0 Å². The lowest BCUT2D eigenvalue weighted by molar-refractivity contribution is -0.133. The number of piperidine rings is 1. The second kappa shape index (κ2) is 8.41. The van der Waals surface area contributed by atoms with Crippen molar-refractivity contribution in [2.45, 2.75) is 45.6 Å². The summed E-state index contributed by atoms with van der Waals surface area (Å²) in [7, 11) is 0. The minimum Gasteiger partial charge on any atom is -0.445 e. The number of oxazole rings is 1. The molecule has 29 heavy (non-hydrogen) atoms. The fourth-order valence-corrected chi connectivity index (χ4v) is 3.99. The predicted molar refractivity (Wildman–Crippen MR) is 111 cm³/mol. The van der Waals surface area contributed by atoms with Gasteiger partial charge in [-0.25, -0.2) is 4.98 Å². The Morgan fingerprint density at radius 3 is 2.79 bits per heavy atom. The van der Waals surface area contributed by atoms with Crippen LogP contribution >= 0.6 is 11.6 Å². The van der Waals surface area contributed by atoms with Crippen LogP contribution in [0.15, 0.2) is 40.9 Å². The van der Waals surface area contributed by atoms with Gasteiger partial charge in [0.15, 0.2) is 5.89 Å². The molecular formula is C22H25ClN4O2. The molecule has 4 rings (SSSR count). The van der Waals surface area contributed by atoms with Gasteiger partial charge in [-0.2, -0.15) is 5.10 Å². The fourth-order valence-electron chi connectivity index (χ4n) is 3.86. The summed E-state index contributed by atoms with van der Waals surface area (Å²) in [5.41, 5.74) is 3.06. The Hall–Kier alpha value is -2.60. The number of hydrogen-bond acceptors (Lipinski definition) is 4. The lowest BCUT2D eigenvalue weighted by Crippen LogP contribution is -2.41. The molecule has 6 nitrogen and oxygen atoms in total. The Labute approximate surface area is 175 Å². The highest BCUT2D eigenvalue weighted by atomic mass is 35.5. The number of halogens is 1. The van der Waals surface area contributed by atoms with E-state index in [4.69, 9.17) is 16.0 Å². The Morgan fingerprint density at radius 2 is 2.07 bits per heavy atom. The number of nitrogens with zero attached hydrogens (tertiary/aromatic N) is 4. The maximum absolute atomic E-state index is 12.8. The van der Waals surface area contributed by atoms with Crippen LogP contribution in [0.25, 0.3) is 0 Å². The standard InChI is InChI=1S/C22H25ClN4O2/c1-15-10-16(2)27(25-15)14-21(28)26-9-3-4-18(13-26)22-24-12-20(29-22)11-17-5-7-19(23)8-6-17/h5-8,10,12,18H,3-4,9,11,13-14H2,1-2H3/t18-/m0/s1. The van der Waals surface area contributed by atoms with E-state index in [9.17, 15) is 4.79 Å². The van der Waals surface area contributed by atoms with E-state index in [2.05, 4.69) is 10.1 Å². The van der Waals surface area contributed by atoms with E-state index in [1.807, 2.05) is 49.1 Å². The molecule has 0 radical (unpaired) electrons. The quantitative estimate of drug-likeness (QED) is 0.631. The predicted octanol–water partition coefficient (Wildman–Crippen LogP) is 4.14. The maximum Gasteiger partial charge on any atom is 0.244 e. The molecule has 1 fully saturated rings. The molecule has 0 unspecified atom stereocenters. The van der Waals surface area contributed by atoms with Crippen LogP contribution in [0.2, 0.25) is 5.02 Å². The van der Waals surface area contributed by atoms with E-state index in [1.54, 1.807) is 10.9 Å². The van der Waals surface area contributed by atoms with Crippen LogP contribution in [0, 0.1) is 13.8 Å². The van der Waals surface area contributed by atoms with Crippen LogP contribution < -0.4 is 0 Å². The number of carbonyl (C=O) groups is 1. The fraction of sp³-hybridized carbons (Fsp3) is 0.409. The number of hydrogen-bond donors (Lipinski definition) is 0. The molecule has 1 atom stereocenters. The molecule has 1 aliphatic rings. The molecule has 0 bridgehead atoms. The van der Waals surface area contributed by atoms with E-state index >= 15 is 0 Å². The third-order valence-corrected chi connectivity index (χ3v) is 5.63. The van der Waals surface area contributed by atoms with Crippen LogP contribution in [0.3, 0.4) is 0 Å². The van der Waals surface area contributed by atoms with Gasteiger partial charge in [0, 0.05) is 30.2 Å². The van der Waals surface area contributed by atoms with Crippen LogP contribution in [-0.4, -0.2) is 38.7 Å². The number of amides is 1. The number of rotatable bonds is 5. The molecule has 0 saturated carbocycles. The smallest absolute Gasteiger partial charge is 0.244 e. The van der Waals surface area contributed by atoms with Gasteiger partial charge in [-0.05, 0) is 50.5 Å². The minimum atomic E-state index is 0.0915. The topological polar surface area (TPSA) is 64.2 Å². The van der Waals surface area contributed by atoms with Gasteiger partial charge in [0.1, 0.15) is 12.3 Å². The average molecular weight is 413 g/mol. The zero-order chi connectivity index (χ0) is 20.4. The van der Waals surface area contributed by atoms with E-state index in [1.165, 1.54) is 0 Å². The summed E-state index contributed by atoms with van der Waals surface area (Å²) in [6, 6.07) is 9.72. The highest BCUT2D eigenvalue weighted by Crippen LogP contribution is 2.27. The lowest BCUT2D eigenvalue weighted by Gasteiger charge is -2.31. The molecule has 7 heteroatoms. The molecule has 3 heterocycles. The molecule has 0 aliphatic carbocycles. The lowest BCUT2D eigenvalue weighted by atomic mass is 9.98. The molecule has 0 spiro atoms. The molecule has 3 aromatic rings. The van der Waals surface area contributed by atoms with Gasteiger partial charge in [0.2, 0.25) is 5.91 Å². The van der Waals surface area contributed by atoms with Gasteiger partial charge in [-0.1, -0.05) is 23.7 Å². The number of carbonyl (C=O) groups excluding carboxylic acids is 1. The van der Waals surface area contributed by atoms with Crippen molar-refractivity contribution in [3.05, 3.63) is 70.2 Å². The van der Waals surface area contributed by atoms with Crippen LogP contribution in [0.1, 0.15) is 47.4 Å². The maximum atomic E-state index is 12.8. The second-order valence-corrected chi connectivity index (χ2v) is 8.17. The summed E-state index contributed by atoms with van der Waals surface area (Å²) >= 11 is 5.95. The number of benzene rings is 1. The highest BCUT2D eigenvalue weighted by Gasteiger charge is 2.28. The molecular weight excluding hydrogens is 388 g/mol. The first-order chi connectivity index (χ1) is 14.0. The monoisotopic (exact) mass is 412 g/mol. The van der Waals surface area contributed by atoms with Crippen molar-refractivity contribution >= 4 is 17.5 Å². The zero-order valence-electron chi connectivity index (χ0n) is 16.8. The third-order valence-electron chi connectivity index (χ3n) is 5.37. The second-order valence-electron chi connectivity index (χ2n) is 7.73. The van der Waals surface area contributed by atoms with E-state index in [0.717, 1.165) is 53.0 Å². The Balaban J connectivity index is 1.39. The van der Waals surface area contributed by atoms with Gasteiger partial charge in [0.25, 0.3) is 0 Å². The Morgan fingerprint density at radius 1 is 1.28 bits per heavy atom. The zero-order valence-corrected chi connectivity index (χ0v) is 17.5. The first-order valence-corrected chi connectivity index (χ1v) is 10.3. The van der Waals surface area contributed by atoms with E-state index < -0.39 is 0 Å². The van der Waals surface area contributed by atoms with Crippen molar-refractivity contribution in [2.75, 3.05) is 13.1 Å². The number of aromatic nitrogens is 3. The SMILES string of the molecule is Cc1cc(C)n(CC(=O)N2CCC[C@H](c3ncc(Cc4ccc(Cl)cc4)o3)C2)n1. The normalized spacial score (nSPS) is 16.9. The highest BCUT2D eigenvalue weighted by molar-refractivity contribution is 6.30. The van der Waals surface area contributed by atoms with Gasteiger partial charge in [-0.3, -0.25) is 9.48 Å². The summed E-state index contributed by atoms with van der Waals surface area (Å²) in [5.74, 6) is 1.77. The van der Waals surface area contributed by atoms with Crippen molar-refractivity contribution < 1.29 is 9.21 Å². The molecule has 0 N–H and O–H groups in total. The van der Waals surface area contributed by atoms with Gasteiger partial charge in [-0.15, -0.1) is 0 Å². The van der Waals surface area contributed by atoms with Crippen molar-refractivity contribution in [3.8, 4) is 0 Å². The summed E-state index contributed by atoms with van der Waals surface area (Å²) in [6.07, 6.45) is 4.39. The van der Waals surface area contributed by atoms with Gasteiger partial charge < -0.3 is 9.32 Å². The summed E-state index contributed by atoms with van der Waals surface area (Å²) in [6.45, 7) is 5.60. The van der Waals surface area contributed by atoms with Gasteiger partial charge in [0.05, 0.1) is 17.8 Å². The number of aryl methyl sites for hydroxylation is 2. The third kappa shape index (κ3) is 4.70. The molecule has 1 saturated heterocycles. The van der Waals surface area contributed by atoms with Crippen molar-refractivity contribution in [2.24, 2.45) is 0 Å². The molecule has 1 aromatic carbocycles. The molecule has 1 amide bonds. The van der Waals surface area contributed by atoms with Crippen molar-refractivity contribution in [1.29, 1.82) is 0 Å². The Kier molecular flexibility index (Phi) is 5.72. The molecule has 1 aliphatic heterocycles. The van der Waals surface area contributed by atoms with Crippen LogP contribution in [0.5, 0.6) is 0 Å². The first kappa shape index (κ1) is 19.7. The number of likely N-dealkylation sites (tertiary alicyclic amines) is 1. The Bertz CT molecular complexity index is 993. The first-order valence-electron chi connectivity index (χ1n) is 9.96. The summed E-state index contributed by atoms with van der Waals surface area (Å²) in [5, 5.41) is 5.12. The van der Waals surface area contributed by atoms with Crippen molar-refractivity contribution in [1.82, 2.24) is 19.7 Å². The molecule has 152 valence electrons. The van der Waals surface area contributed by atoms with Crippen LogP contribution in [0.4, 0.5) is 0 Å². The average Bonchev–Trinajstić information content (AvgIpc) is 3.30. The minimum absolute atomic E-state index is 0.0915. The largest absolute Gasteiger partial charge is 0.445 e. The van der Waals surface area contributed by atoms with Crippen LogP contribution in [-0.2, 0) is 17.8 Å².